The fraction of sp³-hybridized carbons (Fsp3) is 0.345. The summed E-state index contributed by atoms with van der Waals surface area (Å²) in [6.45, 7) is 4.29. The van der Waals surface area contributed by atoms with E-state index in [0.717, 1.165) is 42.1 Å². The summed E-state index contributed by atoms with van der Waals surface area (Å²) in [5.74, 6) is 0.996. The first-order chi connectivity index (χ1) is 17.4. The Morgan fingerprint density at radius 3 is 2.25 bits per heavy atom. The van der Waals surface area contributed by atoms with Gasteiger partial charge in [0.25, 0.3) is 0 Å². The molecule has 0 radical (unpaired) electrons. The number of likely N-dealkylation sites (N-methyl/N-ethyl adjacent to an activating group) is 1. The second kappa shape index (κ2) is 12.6. The van der Waals surface area contributed by atoms with Crippen molar-refractivity contribution in [3.63, 3.8) is 0 Å². The molecule has 5 nitrogen and oxygen atoms in total. The van der Waals surface area contributed by atoms with Crippen molar-refractivity contribution in [2.75, 3.05) is 40.3 Å². The normalized spacial score (nSPS) is 15.2. The van der Waals surface area contributed by atoms with Crippen LogP contribution in [-0.4, -0.2) is 66.9 Å². The first kappa shape index (κ1) is 26.5. The molecule has 1 aliphatic rings. The van der Waals surface area contributed by atoms with Crippen LogP contribution in [-0.2, 0) is 24.4 Å². The predicted octanol–water partition coefficient (Wildman–Crippen LogP) is 5.39. The Kier molecular flexibility index (Phi) is 9.27. The molecule has 190 valence electrons. The zero-order valence-corrected chi connectivity index (χ0v) is 22.4. The third-order valence-corrected chi connectivity index (χ3v) is 7.48. The van der Waals surface area contributed by atoms with Gasteiger partial charge in [-0.15, -0.1) is 0 Å². The van der Waals surface area contributed by atoms with E-state index in [1.807, 2.05) is 78.5 Å². The van der Waals surface area contributed by atoms with Crippen molar-refractivity contribution < 1.29 is 9.53 Å². The molecule has 0 aromatic heterocycles. The number of benzene rings is 3. The van der Waals surface area contributed by atoms with Crippen LogP contribution in [0.5, 0.6) is 5.75 Å². The first-order valence-corrected chi connectivity index (χ1v) is 13.0. The fourth-order valence-corrected chi connectivity index (χ4v) is 4.81. The topological polar surface area (TPSA) is 36.0 Å². The van der Waals surface area contributed by atoms with Crippen LogP contribution in [0, 0.1) is 0 Å². The molecular formula is C29H33Cl2N3O2. The van der Waals surface area contributed by atoms with Crippen molar-refractivity contribution in [3.8, 4) is 5.75 Å². The van der Waals surface area contributed by atoms with Gasteiger partial charge in [-0.1, -0.05) is 77.8 Å². The summed E-state index contributed by atoms with van der Waals surface area (Å²) in [5.41, 5.74) is 3.27. The van der Waals surface area contributed by atoms with Gasteiger partial charge in [-0.3, -0.25) is 14.6 Å². The Hall–Kier alpha value is -2.57. The van der Waals surface area contributed by atoms with E-state index in [1.54, 1.807) is 6.07 Å². The summed E-state index contributed by atoms with van der Waals surface area (Å²) < 4.78 is 5.90. The summed E-state index contributed by atoms with van der Waals surface area (Å²) in [6, 6.07) is 23.7. The van der Waals surface area contributed by atoms with Gasteiger partial charge in [-0.25, -0.2) is 0 Å². The minimum absolute atomic E-state index is 0.171. The standard InChI is InChI=1S/C29H33Cl2N3O2/c1-32(2)27(19-22-11-13-25(14-12-22)36-21-23-7-4-3-5-8-23)29(35)34-17-15-33(16-18-34)20-24-9-6-10-26(30)28(24)31/h3-14,27H,15-21H2,1-2H3. The van der Waals surface area contributed by atoms with Crippen LogP contribution in [0.25, 0.3) is 0 Å². The Balaban J connectivity index is 1.30. The van der Waals surface area contributed by atoms with Crippen LogP contribution >= 0.6 is 23.2 Å². The summed E-state index contributed by atoms with van der Waals surface area (Å²) in [5, 5.41) is 1.19. The molecule has 1 aliphatic heterocycles. The highest BCUT2D eigenvalue weighted by atomic mass is 35.5. The largest absolute Gasteiger partial charge is 0.489 e. The van der Waals surface area contributed by atoms with E-state index >= 15 is 0 Å². The molecule has 1 fully saturated rings. The summed E-state index contributed by atoms with van der Waals surface area (Å²) in [6.07, 6.45) is 0.656. The maximum Gasteiger partial charge on any atom is 0.240 e. The van der Waals surface area contributed by atoms with E-state index in [2.05, 4.69) is 17.0 Å². The second-order valence-electron chi connectivity index (χ2n) is 9.42. The summed E-state index contributed by atoms with van der Waals surface area (Å²) in [7, 11) is 3.94. The van der Waals surface area contributed by atoms with Gasteiger partial charge in [0.2, 0.25) is 5.91 Å². The van der Waals surface area contributed by atoms with Crippen LogP contribution < -0.4 is 4.74 Å². The van der Waals surface area contributed by atoms with Crippen molar-refractivity contribution >= 4 is 29.1 Å². The van der Waals surface area contributed by atoms with Gasteiger partial charge in [0.15, 0.2) is 0 Å². The molecule has 0 aliphatic carbocycles. The highest BCUT2D eigenvalue weighted by molar-refractivity contribution is 6.42. The van der Waals surface area contributed by atoms with E-state index in [0.29, 0.717) is 36.2 Å². The number of ether oxygens (including phenoxy) is 1. The number of amides is 1. The molecule has 1 saturated heterocycles. The molecule has 1 unspecified atom stereocenters. The van der Waals surface area contributed by atoms with Crippen molar-refractivity contribution in [1.29, 1.82) is 0 Å². The molecular weight excluding hydrogens is 493 g/mol. The molecule has 4 rings (SSSR count). The Morgan fingerprint density at radius 2 is 1.58 bits per heavy atom. The van der Waals surface area contributed by atoms with Crippen LogP contribution in [0.2, 0.25) is 10.0 Å². The maximum atomic E-state index is 13.4. The summed E-state index contributed by atoms with van der Waals surface area (Å²) >= 11 is 12.5. The molecule has 36 heavy (non-hydrogen) atoms. The lowest BCUT2D eigenvalue weighted by molar-refractivity contribution is -0.137. The molecule has 1 heterocycles. The zero-order chi connectivity index (χ0) is 25.5. The van der Waals surface area contributed by atoms with Crippen molar-refractivity contribution in [3.05, 3.63) is 99.5 Å². The van der Waals surface area contributed by atoms with E-state index in [-0.39, 0.29) is 11.9 Å². The van der Waals surface area contributed by atoms with Gasteiger partial charge in [-0.2, -0.15) is 0 Å². The quantitative estimate of drug-likeness (QED) is 0.375. The van der Waals surface area contributed by atoms with E-state index in [9.17, 15) is 4.79 Å². The smallest absolute Gasteiger partial charge is 0.240 e. The average molecular weight is 527 g/mol. The fourth-order valence-electron chi connectivity index (χ4n) is 4.43. The molecule has 0 bridgehead atoms. The lowest BCUT2D eigenvalue weighted by Crippen LogP contribution is -2.54. The zero-order valence-electron chi connectivity index (χ0n) is 20.9. The summed E-state index contributed by atoms with van der Waals surface area (Å²) in [4.78, 5) is 19.8. The predicted molar refractivity (Wildman–Crippen MR) is 147 cm³/mol. The number of hydrogen-bond acceptors (Lipinski definition) is 4. The first-order valence-electron chi connectivity index (χ1n) is 12.3. The Morgan fingerprint density at radius 1 is 0.889 bits per heavy atom. The molecule has 0 spiro atoms. The second-order valence-corrected chi connectivity index (χ2v) is 10.2. The Labute approximate surface area is 224 Å². The number of halogens is 2. The number of rotatable bonds is 9. The van der Waals surface area contributed by atoms with Crippen molar-refractivity contribution in [2.45, 2.75) is 25.6 Å². The van der Waals surface area contributed by atoms with Gasteiger partial charge >= 0.3 is 0 Å². The van der Waals surface area contributed by atoms with Crippen LogP contribution in [0.3, 0.4) is 0 Å². The number of carbonyl (C=O) groups is 1. The van der Waals surface area contributed by atoms with Crippen molar-refractivity contribution in [2.24, 2.45) is 0 Å². The number of carbonyl (C=O) groups excluding carboxylic acids is 1. The van der Waals surface area contributed by atoms with E-state index in [4.69, 9.17) is 27.9 Å². The maximum absolute atomic E-state index is 13.4. The minimum atomic E-state index is -0.213. The van der Waals surface area contributed by atoms with Crippen LogP contribution in [0.4, 0.5) is 0 Å². The highest BCUT2D eigenvalue weighted by Crippen LogP contribution is 2.27. The molecule has 0 saturated carbocycles. The molecule has 0 N–H and O–H groups in total. The Bertz CT molecular complexity index is 1130. The minimum Gasteiger partial charge on any atom is -0.489 e. The van der Waals surface area contributed by atoms with Gasteiger partial charge in [0.1, 0.15) is 12.4 Å². The molecule has 7 heteroatoms. The highest BCUT2D eigenvalue weighted by Gasteiger charge is 2.29. The van der Waals surface area contributed by atoms with Crippen molar-refractivity contribution in [1.82, 2.24) is 14.7 Å². The third-order valence-electron chi connectivity index (χ3n) is 6.62. The SMILES string of the molecule is CN(C)C(Cc1ccc(OCc2ccccc2)cc1)C(=O)N1CCN(Cc2cccc(Cl)c2Cl)CC1. The lowest BCUT2D eigenvalue weighted by atomic mass is 10.0. The van der Waals surface area contributed by atoms with Gasteiger partial charge < -0.3 is 9.64 Å². The molecule has 3 aromatic rings. The van der Waals surface area contributed by atoms with Gasteiger partial charge in [-0.05, 0) is 55.4 Å². The molecule has 3 aromatic carbocycles. The van der Waals surface area contributed by atoms with Gasteiger partial charge in [0.05, 0.1) is 16.1 Å². The van der Waals surface area contributed by atoms with E-state index < -0.39 is 0 Å². The monoisotopic (exact) mass is 525 g/mol. The van der Waals surface area contributed by atoms with Gasteiger partial charge in [0, 0.05) is 32.7 Å². The number of hydrogen-bond donors (Lipinski definition) is 0. The average Bonchev–Trinajstić information content (AvgIpc) is 2.90. The van der Waals surface area contributed by atoms with Crippen LogP contribution in [0.15, 0.2) is 72.8 Å². The molecule has 1 amide bonds. The van der Waals surface area contributed by atoms with E-state index in [1.165, 1.54) is 0 Å². The lowest BCUT2D eigenvalue weighted by Gasteiger charge is -2.38. The number of nitrogens with zero attached hydrogens (tertiary/aromatic N) is 3. The number of piperazine rings is 1. The molecule has 1 atom stereocenters. The van der Waals surface area contributed by atoms with Crippen LogP contribution in [0.1, 0.15) is 16.7 Å². The third kappa shape index (κ3) is 7.01.